The van der Waals surface area contributed by atoms with Crippen LogP contribution in [0.5, 0.6) is 0 Å². The Morgan fingerprint density at radius 1 is 1.10 bits per heavy atom. The maximum Gasteiger partial charge on any atom is 0.0230 e. The molecule has 0 aliphatic heterocycles. The molecule has 1 aromatic rings. The number of hydrogen-bond acceptors (Lipinski definition) is 2. The molecule has 2 heteroatoms. The van der Waals surface area contributed by atoms with E-state index in [4.69, 9.17) is 0 Å². The SMILES string of the molecule is CCC(C)CC(CC)NCCCN(C)Cc1ccccc1. The van der Waals surface area contributed by atoms with E-state index in [1.807, 2.05) is 0 Å². The fraction of sp³-hybridized carbons (Fsp3) is 0.684. The molecule has 0 bridgehead atoms. The molecule has 2 nitrogen and oxygen atoms in total. The van der Waals surface area contributed by atoms with Crippen LogP contribution in [0.2, 0.25) is 0 Å². The topological polar surface area (TPSA) is 15.3 Å². The van der Waals surface area contributed by atoms with Crippen molar-refractivity contribution in [1.29, 1.82) is 0 Å². The molecule has 21 heavy (non-hydrogen) atoms. The van der Waals surface area contributed by atoms with E-state index in [9.17, 15) is 0 Å². The Bertz CT molecular complexity index is 350. The quantitative estimate of drug-likeness (QED) is 0.611. The average Bonchev–Trinajstić information content (AvgIpc) is 2.51. The highest BCUT2D eigenvalue weighted by Crippen LogP contribution is 2.12. The maximum absolute atomic E-state index is 3.73. The Morgan fingerprint density at radius 3 is 2.43 bits per heavy atom. The van der Waals surface area contributed by atoms with Crippen molar-refractivity contribution < 1.29 is 0 Å². The van der Waals surface area contributed by atoms with Crippen molar-refractivity contribution in [3.8, 4) is 0 Å². The van der Waals surface area contributed by atoms with Crippen LogP contribution < -0.4 is 5.32 Å². The third-order valence-corrected chi connectivity index (χ3v) is 4.32. The van der Waals surface area contributed by atoms with Crippen LogP contribution in [-0.4, -0.2) is 31.1 Å². The second kappa shape index (κ2) is 10.8. The third kappa shape index (κ3) is 8.23. The van der Waals surface area contributed by atoms with E-state index in [0.29, 0.717) is 6.04 Å². The second-order valence-electron chi connectivity index (χ2n) is 6.39. The van der Waals surface area contributed by atoms with Gasteiger partial charge < -0.3 is 10.2 Å². The van der Waals surface area contributed by atoms with E-state index in [-0.39, 0.29) is 0 Å². The van der Waals surface area contributed by atoms with Crippen LogP contribution in [0.4, 0.5) is 0 Å². The number of rotatable bonds is 11. The summed E-state index contributed by atoms with van der Waals surface area (Å²) in [6.45, 7) is 10.3. The molecule has 0 amide bonds. The summed E-state index contributed by atoms with van der Waals surface area (Å²) in [5, 5.41) is 3.73. The average molecular weight is 290 g/mol. The van der Waals surface area contributed by atoms with Crippen LogP contribution in [0.15, 0.2) is 30.3 Å². The van der Waals surface area contributed by atoms with E-state index in [1.54, 1.807) is 0 Å². The normalized spacial score (nSPS) is 14.3. The van der Waals surface area contributed by atoms with Gasteiger partial charge >= 0.3 is 0 Å². The highest BCUT2D eigenvalue weighted by molar-refractivity contribution is 5.14. The summed E-state index contributed by atoms with van der Waals surface area (Å²) in [6, 6.07) is 11.4. The lowest BCUT2D eigenvalue weighted by Crippen LogP contribution is -2.32. The molecule has 0 spiro atoms. The summed E-state index contributed by atoms with van der Waals surface area (Å²) < 4.78 is 0. The first-order valence-corrected chi connectivity index (χ1v) is 8.61. The molecule has 120 valence electrons. The summed E-state index contributed by atoms with van der Waals surface area (Å²) in [5.41, 5.74) is 1.40. The lowest BCUT2D eigenvalue weighted by molar-refractivity contribution is 0.310. The van der Waals surface area contributed by atoms with E-state index in [2.05, 4.69) is 68.4 Å². The minimum atomic E-state index is 0.694. The fourth-order valence-electron chi connectivity index (χ4n) is 2.68. The standard InChI is InChI=1S/C19H34N2/c1-5-17(3)15-19(6-2)20-13-10-14-21(4)16-18-11-8-7-9-12-18/h7-9,11-12,17,19-20H,5-6,10,13-16H2,1-4H3. The molecule has 2 unspecified atom stereocenters. The number of benzene rings is 1. The molecule has 0 aliphatic rings. The van der Waals surface area contributed by atoms with Gasteiger partial charge in [-0.2, -0.15) is 0 Å². The van der Waals surface area contributed by atoms with Crippen molar-refractivity contribution >= 4 is 0 Å². The van der Waals surface area contributed by atoms with Gasteiger partial charge in [-0.25, -0.2) is 0 Å². The molecule has 0 heterocycles. The van der Waals surface area contributed by atoms with Gasteiger partial charge in [0.05, 0.1) is 0 Å². The summed E-state index contributed by atoms with van der Waals surface area (Å²) >= 11 is 0. The predicted molar refractivity (Wildman–Crippen MR) is 93.5 cm³/mol. The highest BCUT2D eigenvalue weighted by Gasteiger charge is 2.09. The molecule has 0 radical (unpaired) electrons. The highest BCUT2D eigenvalue weighted by atomic mass is 15.1. The lowest BCUT2D eigenvalue weighted by atomic mass is 9.98. The molecule has 1 N–H and O–H groups in total. The molecular formula is C19H34N2. The molecule has 2 atom stereocenters. The number of hydrogen-bond donors (Lipinski definition) is 1. The van der Waals surface area contributed by atoms with Gasteiger partial charge in [-0.1, -0.05) is 57.5 Å². The maximum atomic E-state index is 3.73. The monoisotopic (exact) mass is 290 g/mol. The fourth-order valence-corrected chi connectivity index (χ4v) is 2.68. The van der Waals surface area contributed by atoms with Crippen molar-refractivity contribution in [2.24, 2.45) is 5.92 Å². The van der Waals surface area contributed by atoms with Crippen molar-refractivity contribution in [3.63, 3.8) is 0 Å². The molecule has 0 aromatic heterocycles. The van der Waals surface area contributed by atoms with E-state index < -0.39 is 0 Å². The van der Waals surface area contributed by atoms with Crippen molar-refractivity contribution in [1.82, 2.24) is 10.2 Å². The van der Waals surface area contributed by atoms with E-state index in [1.165, 1.54) is 31.2 Å². The molecule has 0 saturated heterocycles. The van der Waals surface area contributed by atoms with E-state index >= 15 is 0 Å². The first-order valence-electron chi connectivity index (χ1n) is 8.61. The van der Waals surface area contributed by atoms with Crippen LogP contribution >= 0.6 is 0 Å². The van der Waals surface area contributed by atoms with Crippen LogP contribution in [0.3, 0.4) is 0 Å². The Balaban J connectivity index is 2.14. The minimum absolute atomic E-state index is 0.694. The molecule has 0 aliphatic carbocycles. The second-order valence-corrected chi connectivity index (χ2v) is 6.39. The van der Waals surface area contributed by atoms with Crippen molar-refractivity contribution in [3.05, 3.63) is 35.9 Å². The predicted octanol–water partition coefficient (Wildman–Crippen LogP) is 4.31. The van der Waals surface area contributed by atoms with Crippen molar-refractivity contribution in [2.75, 3.05) is 20.1 Å². The van der Waals surface area contributed by atoms with Gasteiger partial charge in [0.2, 0.25) is 0 Å². The summed E-state index contributed by atoms with van der Waals surface area (Å²) in [4.78, 5) is 2.41. The zero-order valence-electron chi connectivity index (χ0n) is 14.4. The van der Waals surface area contributed by atoms with Gasteiger partial charge in [0.1, 0.15) is 0 Å². The van der Waals surface area contributed by atoms with E-state index in [0.717, 1.165) is 25.6 Å². The van der Waals surface area contributed by atoms with Gasteiger partial charge in [-0.15, -0.1) is 0 Å². The molecule has 1 rings (SSSR count). The summed E-state index contributed by atoms with van der Waals surface area (Å²) in [5.74, 6) is 0.836. The Labute approximate surface area is 131 Å². The van der Waals surface area contributed by atoms with Gasteiger partial charge in [0.25, 0.3) is 0 Å². The Kier molecular flexibility index (Phi) is 9.36. The Morgan fingerprint density at radius 2 is 1.81 bits per heavy atom. The third-order valence-electron chi connectivity index (χ3n) is 4.32. The minimum Gasteiger partial charge on any atom is -0.314 e. The van der Waals surface area contributed by atoms with Crippen LogP contribution in [0.1, 0.15) is 52.0 Å². The summed E-state index contributed by atoms with van der Waals surface area (Å²) in [7, 11) is 2.21. The van der Waals surface area contributed by atoms with Crippen molar-refractivity contribution in [2.45, 2.75) is 59.0 Å². The Hall–Kier alpha value is -0.860. The molecule has 0 fully saturated rings. The number of nitrogens with zero attached hydrogens (tertiary/aromatic N) is 1. The molecule has 1 aromatic carbocycles. The first-order chi connectivity index (χ1) is 10.2. The largest absolute Gasteiger partial charge is 0.314 e. The smallest absolute Gasteiger partial charge is 0.0230 e. The first kappa shape index (κ1) is 18.2. The zero-order valence-corrected chi connectivity index (χ0v) is 14.4. The van der Waals surface area contributed by atoms with Crippen LogP contribution in [-0.2, 0) is 6.54 Å². The van der Waals surface area contributed by atoms with Crippen LogP contribution in [0.25, 0.3) is 0 Å². The van der Waals surface area contributed by atoms with Gasteiger partial charge in [-0.05, 0) is 50.9 Å². The summed E-state index contributed by atoms with van der Waals surface area (Å²) in [6.07, 6.45) is 5.06. The van der Waals surface area contributed by atoms with Gasteiger partial charge in [0, 0.05) is 12.6 Å². The zero-order chi connectivity index (χ0) is 15.5. The van der Waals surface area contributed by atoms with Gasteiger partial charge in [0.15, 0.2) is 0 Å². The van der Waals surface area contributed by atoms with Gasteiger partial charge in [-0.3, -0.25) is 0 Å². The number of nitrogens with one attached hydrogen (secondary N) is 1. The molecule has 0 saturated carbocycles. The molecular weight excluding hydrogens is 256 g/mol. The lowest BCUT2D eigenvalue weighted by Gasteiger charge is -2.21. The van der Waals surface area contributed by atoms with Crippen LogP contribution in [0, 0.1) is 5.92 Å².